The minimum Gasteiger partial charge on any atom is -0.380 e. The maximum absolute atomic E-state index is 13.0. The van der Waals surface area contributed by atoms with Crippen LogP contribution in [0.3, 0.4) is 0 Å². The van der Waals surface area contributed by atoms with Crippen LogP contribution in [0, 0.1) is 5.82 Å². The van der Waals surface area contributed by atoms with Crippen LogP contribution in [0.25, 0.3) is 10.2 Å². The number of nitrogens with one attached hydrogen (secondary N) is 1. The Hall–Kier alpha value is -1.20. The second kappa shape index (κ2) is 6.66. The van der Waals surface area contributed by atoms with Crippen molar-refractivity contribution >= 4 is 26.7 Å². The lowest BCUT2D eigenvalue weighted by molar-refractivity contribution is 0.141. The molecule has 1 heterocycles. The Kier molecular flexibility index (Phi) is 4.90. The number of thiazole rings is 1. The highest BCUT2D eigenvalue weighted by atomic mass is 32.1. The topological polar surface area (TPSA) is 34.1 Å². The minimum atomic E-state index is -0.222. The molecule has 0 amide bonds. The molecule has 0 fully saturated rings. The van der Waals surface area contributed by atoms with Crippen LogP contribution in [0.15, 0.2) is 18.2 Å². The van der Waals surface area contributed by atoms with Gasteiger partial charge in [0.2, 0.25) is 0 Å². The van der Waals surface area contributed by atoms with Gasteiger partial charge in [0.25, 0.3) is 0 Å². The summed E-state index contributed by atoms with van der Waals surface area (Å²) in [6.45, 7) is 4.35. The summed E-state index contributed by atoms with van der Waals surface area (Å²) >= 11 is 1.46. The first-order valence-corrected chi connectivity index (χ1v) is 6.99. The zero-order valence-electron chi connectivity index (χ0n) is 10.4. The van der Waals surface area contributed by atoms with Crippen molar-refractivity contribution in [3.8, 4) is 0 Å². The maximum atomic E-state index is 13.0. The van der Waals surface area contributed by atoms with Gasteiger partial charge in [0.1, 0.15) is 5.82 Å². The molecule has 0 aliphatic rings. The van der Waals surface area contributed by atoms with Crippen LogP contribution in [0.2, 0.25) is 0 Å². The highest BCUT2D eigenvalue weighted by Gasteiger charge is 2.03. The normalized spacial score (nSPS) is 11.0. The summed E-state index contributed by atoms with van der Waals surface area (Å²) in [4.78, 5) is 4.37. The van der Waals surface area contributed by atoms with Crippen LogP contribution in [-0.2, 0) is 4.74 Å². The monoisotopic (exact) mass is 268 g/mol. The van der Waals surface area contributed by atoms with Crippen LogP contribution < -0.4 is 5.32 Å². The first-order valence-electron chi connectivity index (χ1n) is 6.17. The third-order valence-electron chi connectivity index (χ3n) is 2.52. The minimum absolute atomic E-state index is 0.222. The van der Waals surface area contributed by atoms with Gasteiger partial charge in [-0.3, -0.25) is 0 Å². The molecule has 0 atom stereocenters. The van der Waals surface area contributed by atoms with Crippen molar-refractivity contribution in [2.75, 3.05) is 25.1 Å². The van der Waals surface area contributed by atoms with Crippen molar-refractivity contribution < 1.29 is 9.13 Å². The van der Waals surface area contributed by atoms with Crippen LogP contribution in [-0.4, -0.2) is 24.7 Å². The lowest BCUT2D eigenvalue weighted by atomic mass is 10.3. The largest absolute Gasteiger partial charge is 0.380 e. The van der Waals surface area contributed by atoms with Gasteiger partial charge in [-0.05, 0) is 24.6 Å². The highest BCUT2D eigenvalue weighted by Crippen LogP contribution is 2.26. The first kappa shape index (κ1) is 13.2. The second-order valence-electron chi connectivity index (χ2n) is 4.02. The SMILES string of the molecule is CCCCOCCNc1nc2ccc(F)cc2s1. The number of anilines is 1. The zero-order chi connectivity index (χ0) is 12.8. The predicted molar refractivity (Wildman–Crippen MR) is 73.8 cm³/mol. The molecular weight excluding hydrogens is 251 g/mol. The number of hydrogen-bond acceptors (Lipinski definition) is 4. The van der Waals surface area contributed by atoms with E-state index in [4.69, 9.17) is 4.74 Å². The fraction of sp³-hybridized carbons (Fsp3) is 0.462. The number of aromatic nitrogens is 1. The molecular formula is C13H17FN2OS. The molecule has 0 unspecified atom stereocenters. The number of ether oxygens (including phenoxy) is 1. The van der Waals surface area contributed by atoms with Crippen LogP contribution in [0.1, 0.15) is 19.8 Å². The Balaban J connectivity index is 1.81. The van der Waals surface area contributed by atoms with Gasteiger partial charge in [0, 0.05) is 13.2 Å². The van der Waals surface area contributed by atoms with Gasteiger partial charge in [0.05, 0.1) is 16.8 Å². The van der Waals surface area contributed by atoms with Crippen molar-refractivity contribution in [1.82, 2.24) is 4.98 Å². The fourth-order valence-electron chi connectivity index (χ4n) is 1.55. The van der Waals surface area contributed by atoms with E-state index in [1.54, 1.807) is 6.07 Å². The Morgan fingerprint density at radius 2 is 2.28 bits per heavy atom. The molecule has 3 nitrogen and oxygen atoms in total. The molecule has 2 rings (SSSR count). The smallest absolute Gasteiger partial charge is 0.183 e. The Labute approximate surface area is 110 Å². The van der Waals surface area contributed by atoms with Gasteiger partial charge in [-0.1, -0.05) is 24.7 Å². The molecule has 98 valence electrons. The van der Waals surface area contributed by atoms with Crippen LogP contribution in [0.5, 0.6) is 0 Å². The molecule has 0 saturated heterocycles. The number of hydrogen-bond donors (Lipinski definition) is 1. The molecule has 18 heavy (non-hydrogen) atoms. The van der Waals surface area contributed by atoms with Gasteiger partial charge < -0.3 is 10.1 Å². The lowest BCUT2D eigenvalue weighted by Gasteiger charge is -2.03. The summed E-state index contributed by atoms with van der Waals surface area (Å²) in [7, 11) is 0. The van der Waals surface area contributed by atoms with Gasteiger partial charge >= 0.3 is 0 Å². The summed E-state index contributed by atoms with van der Waals surface area (Å²) in [5.74, 6) is -0.222. The summed E-state index contributed by atoms with van der Waals surface area (Å²) < 4.78 is 19.3. The van der Waals surface area contributed by atoms with Gasteiger partial charge in [-0.25, -0.2) is 9.37 Å². The van der Waals surface area contributed by atoms with Crippen molar-refractivity contribution in [2.24, 2.45) is 0 Å². The molecule has 0 aliphatic carbocycles. The van der Waals surface area contributed by atoms with E-state index in [9.17, 15) is 4.39 Å². The second-order valence-corrected chi connectivity index (χ2v) is 5.05. The number of fused-ring (bicyclic) bond motifs is 1. The highest BCUT2D eigenvalue weighted by molar-refractivity contribution is 7.22. The number of nitrogens with zero attached hydrogens (tertiary/aromatic N) is 1. The van der Waals surface area contributed by atoms with Crippen LogP contribution in [0.4, 0.5) is 9.52 Å². The Morgan fingerprint density at radius 1 is 1.39 bits per heavy atom. The third kappa shape index (κ3) is 3.65. The van der Waals surface area contributed by atoms with Gasteiger partial charge in [-0.15, -0.1) is 0 Å². The van der Waals surface area contributed by atoms with E-state index < -0.39 is 0 Å². The molecule has 0 spiro atoms. The molecule has 2 aromatic rings. The van der Waals surface area contributed by atoms with E-state index in [1.807, 2.05) is 0 Å². The standard InChI is InChI=1S/C13H17FN2OS/c1-2-3-7-17-8-6-15-13-16-11-5-4-10(14)9-12(11)18-13/h4-5,9H,2-3,6-8H2,1H3,(H,15,16). The quantitative estimate of drug-likeness (QED) is 0.778. The Morgan fingerprint density at radius 3 is 3.11 bits per heavy atom. The first-order chi connectivity index (χ1) is 8.79. The summed E-state index contributed by atoms with van der Waals surface area (Å²) in [6, 6.07) is 4.64. The molecule has 0 aliphatic heterocycles. The lowest BCUT2D eigenvalue weighted by Crippen LogP contribution is -2.09. The van der Waals surface area contributed by atoms with E-state index in [0.717, 1.165) is 41.3 Å². The molecule has 1 aromatic heterocycles. The number of rotatable bonds is 7. The molecule has 1 N–H and O–H groups in total. The van der Waals surface area contributed by atoms with Crippen molar-refractivity contribution in [3.05, 3.63) is 24.0 Å². The van der Waals surface area contributed by atoms with E-state index >= 15 is 0 Å². The van der Waals surface area contributed by atoms with Gasteiger partial charge in [-0.2, -0.15) is 0 Å². The average molecular weight is 268 g/mol. The molecule has 0 saturated carbocycles. The molecule has 1 aromatic carbocycles. The summed E-state index contributed by atoms with van der Waals surface area (Å²) in [5, 5.41) is 4.00. The fourth-order valence-corrected chi connectivity index (χ4v) is 2.47. The number of benzene rings is 1. The summed E-state index contributed by atoms with van der Waals surface area (Å²) in [5.41, 5.74) is 0.829. The van der Waals surface area contributed by atoms with E-state index in [2.05, 4.69) is 17.2 Å². The van der Waals surface area contributed by atoms with Crippen molar-refractivity contribution in [1.29, 1.82) is 0 Å². The van der Waals surface area contributed by atoms with Crippen molar-refractivity contribution in [3.63, 3.8) is 0 Å². The summed E-state index contributed by atoms with van der Waals surface area (Å²) in [6.07, 6.45) is 2.25. The van der Waals surface area contributed by atoms with Gasteiger partial charge in [0.15, 0.2) is 5.13 Å². The predicted octanol–water partition coefficient (Wildman–Crippen LogP) is 3.66. The van der Waals surface area contributed by atoms with E-state index in [0.29, 0.717) is 6.61 Å². The molecule has 5 heteroatoms. The molecule has 0 radical (unpaired) electrons. The maximum Gasteiger partial charge on any atom is 0.183 e. The number of halogens is 1. The van der Waals surface area contributed by atoms with Crippen molar-refractivity contribution in [2.45, 2.75) is 19.8 Å². The molecule has 0 bridgehead atoms. The third-order valence-corrected chi connectivity index (χ3v) is 3.49. The average Bonchev–Trinajstić information content (AvgIpc) is 2.75. The van der Waals surface area contributed by atoms with Crippen LogP contribution >= 0.6 is 11.3 Å². The zero-order valence-corrected chi connectivity index (χ0v) is 11.2. The number of unbranched alkanes of at least 4 members (excludes halogenated alkanes) is 1. The van der Waals surface area contributed by atoms with E-state index in [1.165, 1.54) is 23.5 Å². The van der Waals surface area contributed by atoms with E-state index in [-0.39, 0.29) is 5.82 Å². The Bertz CT molecular complexity index is 501.